The van der Waals surface area contributed by atoms with Crippen molar-refractivity contribution < 1.29 is 14.4 Å². The number of carbonyl (C=O) groups excluding carboxylic acids is 3. The van der Waals surface area contributed by atoms with E-state index in [1.54, 1.807) is 24.3 Å². The van der Waals surface area contributed by atoms with Crippen molar-refractivity contribution >= 4 is 17.7 Å². The lowest BCUT2D eigenvalue weighted by atomic mass is 10.1. The van der Waals surface area contributed by atoms with Crippen molar-refractivity contribution in [2.24, 2.45) is 0 Å². The number of amides is 3. The number of nitrogens with one attached hydrogen (secondary N) is 1. The first-order valence-electron chi connectivity index (χ1n) is 9.78. The molecule has 1 aromatic carbocycles. The Morgan fingerprint density at radius 1 is 1.04 bits per heavy atom. The number of fused-ring (bicyclic) bond motifs is 2. The van der Waals surface area contributed by atoms with E-state index in [9.17, 15) is 14.4 Å². The van der Waals surface area contributed by atoms with E-state index < -0.39 is 0 Å². The summed E-state index contributed by atoms with van der Waals surface area (Å²) in [4.78, 5) is 37.9. The monoisotopic (exact) mass is 381 g/mol. The molecule has 0 fully saturated rings. The van der Waals surface area contributed by atoms with Gasteiger partial charge in [0.05, 0.1) is 11.1 Å². The Morgan fingerprint density at radius 2 is 1.79 bits per heavy atom. The van der Waals surface area contributed by atoms with E-state index in [-0.39, 0.29) is 30.7 Å². The number of rotatable bonds is 6. The standard InChI is InChI=1S/C20H23N5O3/c26-18(10-13-25-19(27)14-6-3-4-7-15(14)20(25)28)21-11-9-17-23-22-16-8-2-1-5-12-24(16)17/h3-4,6-7H,1-2,5,8-13H2,(H,21,26). The summed E-state index contributed by atoms with van der Waals surface area (Å²) >= 11 is 0. The van der Waals surface area contributed by atoms with Gasteiger partial charge in [-0.3, -0.25) is 19.3 Å². The molecule has 0 saturated carbocycles. The van der Waals surface area contributed by atoms with Crippen molar-refractivity contribution in [2.75, 3.05) is 13.1 Å². The van der Waals surface area contributed by atoms with Crippen LogP contribution in [0.5, 0.6) is 0 Å². The molecule has 2 aromatic rings. The molecule has 3 heterocycles. The highest BCUT2D eigenvalue weighted by Gasteiger charge is 2.34. The van der Waals surface area contributed by atoms with Gasteiger partial charge in [0.1, 0.15) is 11.6 Å². The van der Waals surface area contributed by atoms with Crippen LogP contribution < -0.4 is 5.32 Å². The molecule has 28 heavy (non-hydrogen) atoms. The van der Waals surface area contributed by atoms with Gasteiger partial charge in [0, 0.05) is 38.9 Å². The molecule has 1 aromatic heterocycles. The summed E-state index contributed by atoms with van der Waals surface area (Å²) in [6.07, 6.45) is 5.14. The molecule has 0 unspecified atom stereocenters. The van der Waals surface area contributed by atoms with Gasteiger partial charge in [-0.15, -0.1) is 10.2 Å². The van der Waals surface area contributed by atoms with Crippen LogP contribution in [0.4, 0.5) is 0 Å². The minimum atomic E-state index is -0.334. The number of carbonyl (C=O) groups is 3. The minimum Gasteiger partial charge on any atom is -0.356 e. The first-order valence-corrected chi connectivity index (χ1v) is 9.78. The number of hydrogen-bond acceptors (Lipinski definition) is 5. The lowest BCUT2D eigenvalue weighted by Gasteiger charge is -2.13. The quantitative estimate of drug-likeness (QED) is 0.762. The topological polar surface area (TPSA) is 97.2 Å². The molecule has 146 valence electrons. The summed E-state index contributed by atoms with van der Waals surface area (Å²) in [5, 5.41) is 11.4. The van der Waals surface area contributed by atoms with E-state index in [1.165, 1.54) is 6.42 Å². The average molecular weight is 381 g/mol. The average Bonchev–Trinajstić information content (AvgIpc) is 3.08. The molecular weight excluding hydrogens is 358 g/mol. The number of nitrogens with zero attached hydrogens (tertiary/aromatic N) is 4. The van der Waals surface area contributed by atoms with E-state index in [0.717, 1.165) is 42.4 Å². The summed E-state index contributed by atoms with van der Waals surface area (Å²) in [5.41, 5.74) is 0.806. The smallest absolute Gasteiger partial charge is 0.261 e. The van der Waals surface area contributed by atoms with Gasteiger partial charge >= 0.3 is 0 Å². The van der Waals surface area contributed by atoms with Gasteiger partial charge in [-0.1, -0.05) is 18.6 Å². The van der Waals surface area contributed by atoms with Crippen LogP contribution in [0.15, 0.2) is 24.3 Å². The van der Waals surface area contributed by atoms with E-state index >= 15 is 0 Å². The number of aryl methyl sites for hydroxylation is 1. The number of benzene rings is 1. The fourth-order valence-electron chi connectivity index (χ4n) is 3.79. The van der Waals surface area contributed by atoms with Crippen molar-refractivity contribution in [2.45, 2.75) is 45.1 Å². The highest BCUT2D eigenvalue weighted by Crippen LogP contribution is 2.22. The zero-order valence-electron chi connectivity index (χ0n) is 15.7. The van der Waals surface area contributed by atoms with Crippen LogP contribution in [0, 0.1) is 0 Å². The highest BCUT2D eigenvalue weighted by atomic mass is 16.2. The Hall–Kier alpha value is -3.03. The van der Waals surface area contributed by atoms with Gasteiger partial charge < -0.3 is 9.88 Å². The lowest BCUT2D eigenvalue weighted by Crippen LogP contribution is -2.35. The Bertz CT molecular complexity index is 885. The summed E-state index contributed by atoms with van der Waals surface area (Å²) in [7, 11) is 0. The lowest BCUT2D eigenvalue weighted by molar-refractivity contribution is -0.121. The fraction of sp³-hybridized carbons (Fsp3) is 0.450. The highest BCUT2D eigenvalue weighted by molar-refractivity contribution is 6.21. The van der Waals surface area contributed by atoms with Crippen LogP contribution in [-0.4, -0.2) is 50.5 Å². The Labute approximate surface area is 162 Å². The maximum atomic E-state index is 12.3. The summed E-state index contributed by atoms with van der Waals surface area (Å²) in [5.74, 6) is 1.08. The van der Waals surface area contributed by atoms with Crippen LogP contribution in [0.1, 0.15) is 58.0 Å². The molecule has 0 bridgehead atoms. The van der Waals surface area contributed by atoms with Gasteiger partial charge in [0.15, 0.2) is 0 Å². The maximum Gasteiger partial charge on any atom is 0.261 e. The third-order valence-corrected chi connectivity index (χ3v) is 5.30. The first-order chi connectivity index (χ1) is 13.6. The minimum absolute atomic E-state index is 0.0819. The Kier molecular flexibility index (Phi) is 5.18. The van der Waals surface area contributed by atoms with Crippen molar-refractivity contribution in [1.82, 2.24) is 25.0 Å². The fourth-order valence-corrected chi connectivity index (χ4v) is 3.79. The van der Waals surface area contributed by atoms with Gasteiger partial charge in [-0.25, -0.2) is 0 Å². The van der Waals surface area contributed by atoms with Crippen molar-refractivity contribution in [3.8, 4) is 0 Å². The SMILES string of the molecule is O=C(CCN1C(=O)c2ccccc2C1=O)NCCc1nnc2n1CCCCC2. The molecule has 4 rings (SSSR count). The maximum absolute atomic E-state index is 12.3. The molecule has 0 radical (unpaired) electrons. The van der Waals surface area contributed by atoms with Gasteiger partial charge in [-0.2, -0.15) is 0 Å². The van der Waals surface area contributed by atoms with Crippen LogP contribution >= 0.6 is 0 Å². The third-order valence-electron chi connectivity index (χ3n) is 5.30. The predicted octanol–water partition coefficient (Wildman–Crippen LogP) is 1.35. The summed E-state index contributed by atoms with van der Waals surface area (Å²) < 4.78 is 2.16. The predicted molar refractivity (Wildman–Crippen MR) is 101 cm³/mol. The number of aromatic nitrogens is 3. The second kappa shape index (κ2) is 7.92. The zero-order chi connectivity index (χ0) is 19.5. The van der Waals surface area contributed by atoms with Gasteiger partial charge in [0.2, 0.25) is 5.91 Å². The third kappa shape index (κ3) is 3.54. The normalized spacial score (nSPS) is 15.9. The van der Waals surface area contributed by atoms with E-state index in [4.69, 9.17) is 0 Å². The molecule has 0 atom stereocenters. The molecule has 1 N–H and O–H groups in total. The van der Waals surface area contributed by atoms with E-state index in [1.807, 2.05) is 0 Å². The van der Waals surface area contributed by atoms with Gasteiger partial charge in [0.25, 0.3) is 11.8 Å². The van der Waals surface area contributed by atoms with Crippen LogP contribution in [0.25, 0.3) is 0 Å². The van der Waals surface area contributed by atoms with Crippen molar-refractivity contribution in [1.29, 1.82) is 0 Å². The first kappa shape index (κ1) is 18.3. The molecule has 8 nitrogen and oxygen atoms in total. The largest absolute Gasteiger partial charge is 0.356 e. The number of imide groups is 1. The van der Waals surface area contributed by atoms with Crippen molar-refractivity contribution in [3.05, 3.63) is 47.0 Å². The number of hydrogen-bond donors (Lipinski definition) is 1. The van der Waals surface area contributed by atoms with Crippen LogP contribution in [-0.2, 0) is 24.2 Å². The van der Waals surface area contributed by atoms with Crippen LogP contribution in [0.2, 0.25) is 0 Å². The summed E-state index contributed by atoms with van der Waals surface area (Å²) in [6, 6.07) is 6.73. The van der Waals surface area contributed by atoms with E-state index in [2.05, 4.69) is 20.1 Å². The van der Waals surface area contributed by atoms with Crippen LogP contribution in [0.3, 0.4) is 0 Å². The second-order valence-corrected chi connectivity index (χ2v) is 7.15. The molecule has 0 spiro atoms. The Morgan fingerprint density at radius 3 is 2.54 bits per heavy atom. The zero-order valence-corrected chi connectivity index (χ0v) is 15.7. The van der Waals surface area contributed by atoms with Crippen molar-refractivity contribution in [3.63, 3.8) is 0 Å². The molecule has 0 aliphatic carbocycles. The van der Waals surface area contributed by atoms with Gasteiger partial charge in [-0.05, 0) is 25.0 Å². The molecule has 2 aliphatic rings. The Balaban J connectivity index is 1.26. The molecular formula is C20H23N5O3. The van der Waals surface area contributed by atoms with E-state index in [0.29, 0.717) is 24.1 Å². The molecule has 8 heteroatoms. The summed E-state index contributed by atoms with van der Waals surface area (Å²) in [6.45, 7) is 1.48. The molecule has 0 saturated heterocycles. The molecule has 3 amide bonds. The second-order valence-electron chi connectivity index (χ2n) is 7.15. The molecule has 2 aliphatic heterocycles.